The number of carbonyl (C=O) groups excluding carboxylic acids is 2. The Morgan fingerprint density at radius 1 is 1.00 bits per heavy atom. The second-order valence-corrected chi connectivity index (χ2v) is 7.14. The van der Waals surface area contributed by atoms with Crippen LogP contribution in [0.5, 0.6) is 5.75 Å². The number of hydrogen-bond acceptors (Lipinski definition) is 4. The maximum Gasteiger partial charge on any atom is 0.300 e. The maximum absolute atomic E-state index is 14.6. The fraction of sp³-hybridized carbons (Fsp3) is 0.120. The molecule has 162 valence electrons. The minimum absolute atomic E-state index is 0.196. The molecule has 0 aliphatic carbocycles. The van der Waals surface area contributed by atoms with Crippen molar-refractivity contribution in [3.05, 3.63) is 101 Å². The van der Waals surface area contributed by atoms with Gasteiger partial charge in [0, 0.05) is 11.6 Å². The third-order valence-corrected chi connectivity index (χ3v) is 5.15. The summed E-state index contributed by atoms with van der Waals surface area (Å²) in [6.07, 6.45) is 0. The summed E-state index contributed by atoms with van der Waals surface area (Å²) in [5.74, 6) is -3.73. The van der Waals surface area contributed by atoms with Gasteiger partial charge in [0.05, 0.1) is 23.9 Å². The molecule has 1 amide bonds. The lowest BCUT2D eigenvalue weighted by molar-refractivity contribution is -0.132. The van der Waals surface area contributed by atoms with Crippen LogP contribution in [0.25, 0.3) is 5.76 Å². The Kier molecular flexibility index (Phi) is 5.73. The number of ketones is 1. The lowest BCUT2D eigenvalue weighted by atomic mass is 9.95. The van der Waals surface area contributed by atoms with Crippen molar-refractivity contribution in [2.45, 2.75) is 13.0 Å². The van der Waals surface area contributed by atoms with Crippen molar-refractivity contribution in [2.24, 2.45) is 0 Å². The fourth-order valence-corrected chi connectivity index (χ4v) is 3.76. The average molecular weight is 435 g/mol. The first kappa shape index (κ1) is 21.2. The number of aliphatic hydroxyl groups is 1. The maximum atomic E-state index is 14.6. The van der Waals surface area contributed by atoms with E-state index >= 15 is 0 Å². The van der Waals surface area contributed by atoms with Crippen LogP contribution in [-0.2, 0) is 9.59 Å². The normalized spacial score (nSPS) is 17.6. The smallest absolute Gasteiger partial charge is 0.300 e. The largest absolute Gasteiger partial charge is 0.507 e. The molecule has 0 radical (unpaired) electrons. The van der Waals surface area contributed by atoms with Gasteiger partial charge in [-0.15, -0.1) is 0 Å². The second-order valence-electron chi connectivity index (χ2n) is 7.14. The topological polar surface area (TPSA) is 66.8 Å². The monoisotopic (exact) mass is 435 g/mol. The number of nitrogens with zero attached hydrogens (tertiary/aromatic N) is 1. The van der Waals surface area contributed by atoms with E-state index in [1.54, 1.807) is 54.6 Å². The minimum Gasteiger partial charge on any atom is -0.507 e. The van der Waals surface area contributed by atoms with E-state index in [4.69, 9.17) is 4.74 Å². The van der Waals surface area contributed by atoms with Gasteiger partial charge >= 0.3 is 0 Å². The van der Waals surface area contributed by atoms with Crippen LogP contribution in [0.1, 0.15) is 24.1 Å². The van der Waals surface area contributed by atoms with Crippen molar-refractivity contribution >= 4 is 23.1 Å². The number of rotatable bonds is 5. The molecular formula is C25H19F2NO4. The van der Waals surface area contributed by atoms with Crippen molar-refractivity contribution in [1.29, 1.82) is 0 Å². The molecule has 0 bridgehead atoms. The highest BCUT2D eigenvalue weighted by atomic mass is 19.1. The molecule has 1 atom stereocenters. The van der Waals surface area contributed by atoms with Crippen molar-refractivity contribution < 1.29 is 28.2 Å². The summed E-state index contributed by atoms with van der Waals surface area (Å²) in [6, 6.07) is 16.6. The molecule has 32 heavy (non-hydrogen) atoms. The van der Waals surface area contributed by atoms with Crippen LogP contribution in [0, 0.1) is 11.6 Å². The fourth-order valence-electron chi connectivity index (χ4n) is 3.76. The quantitative estimate of drug-likeness (QED) is 0.348. The van der Waals surface area contributed by atoms with Crippen LogP contribution < -0.4 is 9.64 Å². The Morgan fingerprint density at radius 3 is 2.44 bits per heavy atom. The van der Waals surface area contributed by atoms with E-state index in [1.165, 1.54) is 0 Å². The van der Waals surface area contributed by atoms with Gasteiger partial charge < -0.3 is 9.84 Å². The van der Waals surface area contributed by atoms with E-state index in [1.807, 2.05) is 6.92 Å². The van der Waals surface area contributed by atoms with Crippen LogP contribution in [0.4, 0.5) is 14.5 Å². The lowest BCUT2D eigenvalue weighted by Gasteiger charge is -2.25. The molecule has 1 aliphatic rings. The van der Waals surface area contributed by atoms with Crippen LogP contribution in [-0.4, -0.2) is 23.4 Å². The first-order valence-corrected chi connectivity index (χ1v) is 9.96. The molecule has 1 heterocycles. The zero-order chi connectivity index (χ0) is 22.8. The molecular weight excluding hydrogens is 416 g/mol. The molecule has 7 heteroatoms. The van der Waals surface area contributed by atoms with Crippen LogP contribution in [0.2, 0.25) is 0 Å². The molecule has 1 unspecified atom stereocenters. The third-order valence-electron chi connectivity index (χ3n) is 5.15. The van der Waals surface area contributed by atoms with Gasteiger partial charge in [-0.25, -0.2) is 8.78 Å². The summed E-state index contributed by atoms with van der Waals surface area (Å²) >= 11 is 0. The summed E-state index contributed by atoms with van der Waals surface area (Å²) in [6.45, 7) is 2.22. The Hall–Kier alpha value is -4.00. The van der Waals surface area contributed by atoms with Gasteiger partial charge in [-0.1, -0.05) is 42.5 Å². The summed E-state index contributed by atoms with van der Waals surface area (Å²) < 4.78 is 33.6. The van der Waals surface area contributed by atoms with E-state index in [2.05, 4.69) is 0 Å². The van der Waals surface area contributed by atoms with Gasteiger partial charge in [-0.2, -0.15) is 0 Å². The van der Waals surface area contributed by atoms with Gasteiger partial charge in [-0.3, -0.25) is 14.5 Å². The summed E-state index contributed by atoms with van der Waals surface area (Å²) in [5.41, 5.74) is 0.301. The molecule has 0 saturated carbocycles. The molecule has 0 aromatic heterocycles. The number of anilines is 1. The van der Waals surface area contributed by atoms with E-state index in [9.17, 15) is 23.5 Å². The summed E-state index contributed by atoms with van der Waals surface area (Å²) in [5, 5.41) is 11.1. The van der Waals surface area contributed by atoms with E-state index in [-0.39, 0.29) is 16.8 Å². The first-order chi connectivity index (χ1) is 15.4. The first-order valence-electron chi connectivity index (χ1n) is 9.96. The highest BCUT2D eigenvalue weighted by Gasteiger charge is 2.47. The van der Waals surface area contributed by atoms with Gasteiger partial charge in [0.25, 0.3) is 11.7 Å². The number of carbonyl (C=O) groups is 2. The predicted octanol–water partition coefficient (Wildman–Crippen LogP) is 4.99. The summed E-state index contributed by atoms with van der Waals surface area (Å²) in [7, 11) is 0. The average Bonchev–Trinajstić information content (AvgIpc) is 3.05. The molecule has 3 aromatic rings. The highest BCUT2D eigenvalue weighted by Crippen LogP contribution is 2.43. The molecule has 1 N–H and O–H groups in total. The molecule has 1 saturated heterocycles. The van der Waals surface area contributed by atoms with Gasteiger partial charge in [-0.05, 0) is 36.8 Å². The zero-order valence-electron chi connectivity index (χ0n) is 17.1. The van der Waals surface area contributed by atoms with Gasteiger partial charge in [0.1, 0.15) is 23.1 Å². The second kappa shape index (κ2) is 8.63. The van der Waals surface area contributed by atoms with Crippen molar-refractivity contribution in [3.63, 3.8) is 0 Å². The van der Waals surface area contributed by atoms with Crippen molar-refractivity contribution in [1.82, 2.24) is 0 Å². The Balaban J connectivity index is 1.93. The lowest BCUT2D eigenvalue weighted by Crippen LogP contribution is -2.30. The van der Waals surface area contributed by atoms with Crippen molar-refractivity contribution in [2.75, 3.05) is 11.5 Å². The summed E-state index contributed by atoms with van der Waals surface area (Å²) in [4.78, 5) is 27.0. The third kappa shape index (κ3) is 3.73. The van der Waals surface area contributed by atoms with Crippen LogP contribution in [0.3, 0.4) is 0 Å². The Bertz CT molecular complexity index is 1220. The Morgan fingerprint density at radius 2 is 1.75 bits per heavy atom. The molecule has 3 aromatic carbocycles. The number of aliphatic hydroxyl groups excluding tert-OH is 1. The molecule has 1 fully saturated rings. The molecule has 5 nitrogen and oxygen atoms in total. The molecule has 0 spiro atoms. The van der Waals surface area contributed by atoms with E-state index < -0.39 is 35.1 Å². The SMILES string of the molecule is CCOc1cccc(/C(O)=C2\C(=O)C(=O)N(c3ccc(F)cc3F)C2c2ccccc2)c1. The van der Waals surface area contributed by atoms with E-state index in [0.717, 1.165) is 17.0 Å². The number of benzene rings is 3. The molecule has 1 aliphatic heterocycles. The highest BCUT2D eigenvalue weighted by molar-refractivity contribution is 6.51. The molecule has 4 rings (SSSR count). The van der Waals surface area contributed by atoms with Crippen molar-refractivity contribution in [3.8, 4) is 5.75 Å². The number of Topliss-reactive ketones (excluding diaryl/α,β-unsaturated/α-hetero) is 1. The Labute approximate surface area is 183 Å². The number of hydrogen-bond donors (Lipinski definition) is 1. The number of halogens is 2. The predicted molar refractivity (Wildman–Crippen MR) is 115 cm³/mol. The van der Waals surface area contributed by atoms with Gasteiger partial charge in [0.15, 0.2) is 0 Å². The number of ether oxygens (including phenoxy) is 1. The van der Waals surface area contributed by atoms with E-state index in [0.29, 0.717) is 24.0 Å². The van der Waals surface area contributed by atoms with Crippen LogP contribution in [0.15, 0.2) is 78.4 Å². The van der Waals surface area contributed by atoms with Gasteiger partial charge in [0.2, 0.25) is 0 Å². The number of amides is 1. The minimum atomic E-state index is -1.10. The zero-order valence-corrected chi connectivity index (χ0v) is 17.1. The standard InChI is InChI=1S/C25H19F2NO4/c1-2-32-18-10-6-9-16(13-18)23(29)21-22(15-7-4-3-5-8-15)28(25(31)24(21)30)20-12-11-17(26)14-19(20)27/h3-14,22,29H,2H2,1H3/b23-21+. The van der Waals surface area contributed by atoms with Crippen LogP contribution >= 0.6 is 0 Å².